The van der Waals surface area contributed by atoms with E-state index in [4.69, 9.17) is 5.11 Å². The maximum absolute atomic E-state index is 8.50. The molecule has 1 nitrogen and oxygen atoms in total. The van der Waals surface area contributed by atoms with Crippen molar-refractivity contribution in [1.82, 2.24) is 0 Å². The first-order chi connectivity index (χ1) is 5.91. The Morgan fingerprint density at radius 2 is 2.08 bits per heavy atom. The molecule has 0 aromatic carbocycles. The number of aliphatic hydroxyl groups excluding tert-OH is 1. The Morgan fingerprint density at radius 3 is 2.75 bits per heavy atom. The van der Waals surface area contributed by atoms with Gasteiger partial charge >= 0.3 is 81.8 Å². The topological polar surface area (TPSA) is 20.2 Å². The van der Waals surface area contributed by atoms with Crippen LogP contribution in [0.5, 0.6) is 0 Å². The van der Waals surface area contributed by atoms with Crippen molar-refractivity contribution in [2.75, 3.05) is 6.61 Å². The van der Waals surface area contributed by atoms with E-state index < -0.39 is 0 Å². The Morgan fingerprint density at radius 1 is 1.25 bits per heavy atom. The molecule has 0 aliphatic heterocycles. The summed E-state index contributed by atoms with van der Waals surface area (Å²) >= 11 is 0.453. The van der Waals surface area contributed by atoms with Crippen LogP contribution in [0, 0.1) is 10.7 Å². The summed E-state index contributed by atoms with van der Waals surface area (Å²) in [6.45, 7) is 2.53. The Labute approximate surface area is 82.1 Å². The molecule has 1 N–H and O–H groups in total. The van der Waals surface area contributed by atoms with Crippen LogP contribution in [-0.4, -0.2) is 26.7 Å². The van der Waals surface area contributed by atoms with Crippen LogP contribution in [0.25, 0.3) is 0 Å². The average molecular weight is 233 g/mol. The predicted molar refractivity (Wildman–Crippen MR) is 54.2 cm³/mol. The first-order valence-electron chi connectivity index (χ1n) is 4.62. The molecule has 70 valence electrons. The van der Waals surface area contributed by atoms with Crippen molar-refractivity contribution in [3.8, 4) is 10.7 Å². The van der Waals surface area contributed by atoms with E-state index in [2.05, 4.69) is 17.7 Å². The first kappa shape index (κ1) is 12.0. The zero-order valence-electron chi connectivity index (χ0n) is 7.81. The van der Waals surface area contributed by atoms with Gasteiger partial charge in [0.15, 0.2) is 0 Å². The molecule has 0 bridgehead atoms. The summed E-state index contributed by atoms with van der Waals surface area (Å²) in [6.07, 6.45) is 5.81. The second kappa shape index (κ2) is 11.0. The fourth-order valence-electron chi connectivity index (χ4n) is 0.753. The van der Waals surface area contributed by atoms with E-state index in [1.807, 2.05) is 0 Å². The Balaban J connectivity index is 3.01. The molecule has 0 unspecified atom stereocenters. The number of aliphatic hydroxyl groups is 1. The number of hydrogen-bond acceptors (Lipinski definition) is 1. The Hall–Kier alpha value is 0.0395. The van der Waals surface area contributed by atoms with Crippen LogP contribution in [0.15, 0.2) is 0 Å². The quantitative estimate of drug-likeness (QED) is 0.423. The second-order valence-corrected chi connectivity index (χ2v) is 4.55. The van der Waals surface area contributed by atoms with Crippen molar-refractivity contribution in [2.24, 2.45) is 0 Å². The maximum atomic E-state index is 8.50. The van der Waals surface area contributed by atoms with E-state index in [1.165, 1.54) is 19.3 Å². The van der Waals surface area contributed by atoms with Crippen LogP contribution in [0.1, 0.15) is 39.0 Å². The van der Waals surface area contributed by atoms with Gasteiger partial charge in [0.05, 0.1) is 0 Å². The molecule has 0 aromatic rings. The van der Waals surface area contributed by atoms with Gasteiger partial charge in [0.25, 0.3) is 0 Å². The number of hydrogen-bond donors (Lipinski definition) is 1. The molecule has 0 aliphatic carbocycles. The molecule has 0 saturated carbocycles. The van der Waals surface area contributed by atoms with Crippen LogP contribution in [0.3, 0.4) is 0 Å². The van der Waals surface area contributed by atoms with Crippen LogP contribution in [0.2, 0.25) is 5.32 Å². The van der Waals surface area contributed by atoms with E-state index in [0.29, 0.717) is 21.6 Å². The van der Waals surface area contributed by atoms with Crippen molar-refractivity contribution in [2.45, 2.75) is 44.3 Å². The molecule has 2 heteroatoms. The van der Waals surface area contributed by atoms with Crippen LogP contribution in [-0.2, 0) is 0 Å². The fourth-order valence-corrected chi connectivity index (χ4v) is 1.97. The van der Waals surface area contributed by atoms with Gasteiger partial charge in [-0.15, -0.1) is 0 Å². The molecule has 0 saturated heterocycles. The predicted octanol–water partition coefficient (Wildman–Crippen LogP) is 2.03. The molecule has 0 rings (SSSR count). The normalized spacial score (nSPS) is 9.17. The van der Waals surface area contributed by atoms with Crippen molar-refractivity contribution in [3.63, 3.8) is 0 Å². The zero-order valence-corrected chi connectivity index (χ0v) is 9.52. The number of unbranched alkanes of at least 4 members (excludes halogenated alkanes) is 3. The fraction of sp³-hybridized carbons (Fsp3) is 0.800. The SMILES string of the molecule is CCCCCC#C[Se]CCCO. The molecule has 12 heavy (non-hydrogen) atoms. The molecule has 0 atom stereocenters. The van der Waals surface area contributed by atoms with Gasteiger partial charge in [0.1, 0.15) is 0 Å². The molecule has 0 aromatic heterocycles. The van der Waals surface area contributed by atoms with E-state index in [-0.39, 0.29) is 0 Å². The molecular formula is C10H18OSe. The van der Waals surface area contributed by atoms with Crippen molar-refractivity contribution >= 4 is 15.0 Å². The molecular weight excluding hydrogens is 215 g/mol. The van der Waals surface area contributed by atoms with E-state index in [9.17, 15) is 0 Å². The van der Waals surface area contributed by atoms with Gasteiger partial charge in [-0.1, -0.05) is 0 Å². The van der Waals surface area contributed by atoms with Crippen LogP contribution in [0.4, 0.5) is 0 Å². The summed E-state index contributed by atoms with van der Waals surface area (Å²) in [5, 5.41) is 9.60. The third-order valence-electron chi connectivity index (χ3n) is 1.45. The molecule has 0 heterocycles. The van der Waals surface area contributed by atoms with E-state index in [1.54, 1.807) is 0 Å². The third kappa shape index (κ3) is 10.0. The van der Waals surface area contributed by atoms with E-state index >= 15 is 0 Å². The van der Waals surface area contributed by atoms with Crippen LogP contribution < -0.4 is 0 Å². The van der Waals surface area contributed by atoms with Gasteiger partial charge in [0, 0.05) is 0 Å². The van der Waals surface area contributed by atoms with Gasteiger partial charge in [-0.25, -0.2) is 0 Å². The summed E-state index contributed by atoms with van der Waals surface area (Å²) in [4.78, 5) is 3.18. The second-order valence-electron chi connectivity index (χ2n) is 2.66. The first-order valence-corrected chi connectivity index (χ1v) is 6.69. The van der Waals surface area contributed by atoms with Crippen molar-refractivity contribution in [1.29, 1.82) is 0 Å². The standard InChI is InChI=1S/C10H18OSe/c1-2-3-4-5-6-9-12-10-7-8-11/h11H,2-5,7-8,10H2,1H3. The van der Waals surface area contributed by atoms with Gasteiger partial charge in [-0.2, -0.15) is 0 Å². The van der Waals surface area contributed by atoms with Crippen LogP contribution >= 0.6 is 0 Å². The van der Waals surface area contributed by atoms with Gasteiger partial charge in [-0.3, -0.25) is 0 Å². The van der Waals surface area contributed by atoms with E-state index in [0.717, 1.165) is 18.2 Å². The third-order valence-corrected chi connectivity index (χ3v) is 3.09. The van der Waals surface area contributed by atoms with Gasteiger partial charge < -0.3 is 0 Å². The summed E-state index contributed by atoms with van der Waals surface area (Å²) < 4.78 is 0. The zero-order chi connectivity index (χ0) is 9.07. The summed E-state index contributed by atoms with van der Waals surface area (Å²) in [5.74, 6) is 3.18. The Kier molecular flexibility index (Phi) is 11.1. The molecule has 0 aliphatic rings. The monoisotopic (exact) mass is 234 g/mol. The minimum absolute atomic E-state index is 0.319. The van der Waals surface area contributed by atoms with Crippen molar-refractivity contribution in [3.05, 3.63) is 0 Å². The van der Waals surface area contributed by atoms with Gasteiger partial charge in [-0.05, 0) is 0 Å². The molecule has 0 amide bonds. The van der Waals surface area contributed by atoms with Crippen molar-refractivity contribution < 1.29 is 5.11 Å². The molecule has 0 spiro atoms. The molecule has 0 radical (unpaired) electrons. The summed E-state index contributed by atoms with van der Waals surface area (Å²) in [6, 6.07) is 0. The van der Waals surface area contributed by atoms with Gasteiger partial charge in [0.2, 0.25) is 0 Å². The average Bonchev–Trinajstić information content (AvgIpc) is 2.10. The number of rotatable bonds is 6. The molecule has 0 fully saturated rings. The minimum atomic E-state index is 0.319. The Bertz CT molecular complexity index is 121. The summed E-state index contributed by atoms with van der Waals surface area (Å²) in [7, 11) is 0. The summed E-state index contributed by atoms with van der Waals surface area (Å²) in [5.41, 5.74) is 0.